The van der Waals surface area contributed by atoms with E-state index < -0.39 is 0 Å². The summed E-state index contributed by atoms with van der Waals surface area (Å²) in [5.41, 5.74) is 0. The van der Waals surface area contributed by atoms with Crippen molar-refractivity contribution < 1.29 is 23.8 Å². The molecule has 1 fully saturated rings. The Morgan fingerprint density at radius 3 is 3.10 bits per heavy atom. The lowest BCUT2D eigenvalue weighted by Gasteiger charge is -2.37. The van der Waals surface area contributed by atoms with Crippen LogP contribution in [0.4, 0.5) is 4.39 Å². The van der Waals surface area contributed by atoms with Gasteiger partial charge >= 0.3 is 0 Å². The Balaban J connectivity index is 1.81. The number of hydrogen-bond acceptors (Lipinski definition) is 4. The first-order valence-corrected chi connectivity index (χ1v) is 7.00. The predicted molar refractivity (Wildman–Crippen MR) is 74.5 cm³/mol. The van der Waals surface area contributed by atoms with Crippen LogP contribution in [0.2, 0.25) is 0 Å². The second-order valence-corrected chi connectivity index (χ2v) is 5.09. The lowest BCUT2D eigenvalue weighted by atomic mass is 10.2. The predicted octanol–water partition coefficient (Wildman–Crippen LogP) is 1.20. The SMILES string of the molecule is CC1COC(CO)CN1C(=O)CCOc1cccc(F)c1. The van der Waals surface area contributed by atoms with Gasteiger partial charge in [0.2, 0.25) is 5.91 Å². The Bertz CT molecular complexity index is 482. The zero-order chi connectivity index (χ0) is 15.2. The lowest BCUT2D eigenvalue weighted by molar-refractivity contribution is -0.146. The van der Waals surface area contributed by atoms with Crippen molar-refractivity contribution >= 4 is 5.91 Å². The highest BCUT2D eigenvalue weighted by Gasteiger charge is 2.28. The number of hydrogen-bond donors (Lipinski definition) is 1. The number of carbonyl (C=O) groups is 1. The van der Waals surface area contributed by atoms with Crippen LogP contribution in [0.1, 0.15) is 13.3 Å². The molecule has 6 heteroatoms. The fourth-order valence-corrected chi connectivity index (χ4v) is 2.23. The summed E-state index contributed by atoms with van der Waals surface area (Å²) >= 11 is 0. The molecule has 1 heterocycles. The minimum atomic E-state index is -0.369. The first kappa shape index (κ1) is 15.7. The zero-order valence-electron chi connectivity index (χ0n) is 12.0. The monoisotopic (exact) mass is 297 g/mol. The van der Waals surface area contributed by atoms with Gasteiger partial charge in [0.15, 0.2) is 0 Å². The molecule has 21 heavy (non-hydrogen) atoms. The van der Waals surface area contributed by atoms with E-state index in [4.69, 9.17) is 14.6 Å². The van der Waals surface area contributed by atoms with Crippen molar-refractivity contribution in [2.75, 3.05) is 26.4 Å². The molecule has 2 unspecified atom stereocenters. The topological polar surface area (TPSA) is 59.0 Å². The molecule has 1 aromatic carbocycles. The summed E-state index contributed by atoms with van der Waals surface area (Å²) in [6.45, 7) is 2.80. The standard InChI is InChI=1S/C15H20FNO4/c1-11-10-21-14(9-18)8-17(11)15(19)5-6-20-13-4-2-3-12(16)7-13/h2-4,7,11,14,18H,5-6,8-10H2,1H3. The summed E-state index contributed by atoms with van der Waals surface area (Å²) in [5, 5.41) is 9.10. The smallest absolute Gasteiger partial charge is 0.226 e. The van der Waals surface area contributed by atoms with Crippen LogP contribution < -0.4 is 4.74 Å². The molecule has 116 valence electrons. The number of amides is 1. The summed E-state index contributed by atoms with van der Waals surface area (Å²) < 4.78 is 23.7. The Kier molecular flexibility index (Phi) is 5.52. The third-order valence-corrected chi connectivity index (χ3v) is 3.41. The molecule has 1 aromatic rings. The Labute approximate surface area is 123 Å². The van der Waals surface area contributed by atoms with E-state index in [0.29, 0.717) is 18.9 Å². The average molecular weight is 297 g/mol. The third-order valence-electron chi connectivity index (χ3n) is 3.41. The summed E-state index contributed by atoms with van der Waals surface area (Å²) in [7, 11) is 0. The van der Waals surface area contributed by atoms with Gasteiger partial charge in [0.25, 0.3) is 0 Å². The molecular weight excluding hydrogens is 277 g/mol. The molecule has 1 amide bonds. The highest BCUT2D eigenvalue weighted by atomic mass is 19.1. The van der Waals surface area contributed by atoms with Gasteiger partial charge < -0.3 is 19.5 Å². The fraction of sp³-hybridized carbons (Fsp3) is 0.533. The lowest BCUT2D eigenvalue weighted by Crippen LogP contribution is -2.52. The average Bonchev–Trinajstić information content (AvgIpc) is 2.47. The number of rotatable bonds is 5. The maximum atomic E-state index is 13.0. The first-order chi connectivity index (χ1) is 10.1. The summed E-state index contributed by atoms with van der Waals surface area (Å²) in [4.78, 5) is 13.9. The van der Waals surface area contributed by atoms with E-state index in [0.717, 1.165) is 0 Å². The number of aliphatic hydroxyl groups is 1. The Morgan fingerprint density at radius 2 is 2.38 bits per heavy atom. The van der Waals surface area contributed by atoms with Crippen LogP contribution >= 0.6 is 0 Å². The number of carbonyl (C=O) groups excluding carboxylic acids is 1. The molecule has 0 aromatic heterocycles. The highest BCUT2D eigenvalue weighted by molar-refractivity contribution is 5.76. The van der Waals surface area contributed by atoms with Crippen LogP contribution in [0.25, 0.3) is 0 Å². The van der Waals surface area contributed by atoms with E-state index in [2.05, 4.69) is 0 Å². The molecule has 5 nitrogen and oxygen atoms in total. The van der Waals surface area contributed by atoms with E-state index in [-0.39, 0.29) is 43.5 Å². The summed E-state index contributed by atoms with van der Waals surface area (Å²) in [6, 6.07) is 5.80. The van der Waals surface area contributed by atoms with E-state index in [9.17, 15) is 9.18 Å². The summed E-state index contributed by atoms with van der Waals surface area (Å²) in [6.07, 6.45) is -0.117. The molecular formula is C15H20FNO4. The van der Waals surface area contributed by atoms with Crippen molar-refractivity contribution in [2.24, 2.45) is 0 Å². The third kappa shape index (κ3) is 4.41. The van der Waals surface area contributed by atoms with Gasteiger partial charge in [-0.05, 0) is 19.1 Å². The number of morpholine rings is 1. The van der Waals surface area contributed by atoms with Crippen LogP contribution in [0.15, 0.2) is 24.3 Å². The zero-order valence-corrected chi connectivity index (χ0v) is 12.0. The molecule has 1 aliphatic rings. The van der Waals surface area contributed by atoms with Crippen molar-refractivity contribution in [1.29, 1.82) is 0 Å². The van der Waals surface area contributed by atoms with Crippen molar-refractivity contribution in [1.82, 2.24) is 4.90 Å². The van der Waals surface area contributed by atoms with Crippen molar-refractivity contribution in [2.45, 2.75) is 25.5 Å². The van der Waals surface area contributed by atoms with Crippen LogP contribution in [0.5, 0.6) is 5.75 Å². The van der Waals surface area contributed by atoms with Gasteiger partial charge in [-0.2, -0.15) is 0 Å². The molecule has 1 saturated heterocycles. The summed E-state index contributed by atoms with van der Waals surface area (Å²) in [5.74, 6) is -0.0156. The second-order valence-electron chi connectivity index (χ2n) is 5.09. The first-order valence-electron chi connectivity index (χ1n) is 7.00. The van der Waals surface area contributed by atoms with Gasteiger partial charge in [0.05, 0.1) is 38.4 Å². The minimum Gasteiger partial charge on any atom is -0.493 e. The van der Waals surface area contributed by atoms with E-state index in [1.165, 1.54) is 12.1 Å². The largest absolute Gasteiger partial charge is 0.493 e. The molecule has 1 aliphatic heterocycles. The van der Waals surface area contributed by atoms with Gasteiger partial charge in [-0.15, -0.1) is 0 Å². The number of halogens is 1. The van der Waals surface area contributed by atoms with Gasteiger partial charge in [-0.1, -0.05) is 6.07 Å². The molecule has 2 atom stereocenters. The normalized spacial score (nSPS) is 22.1. The van der Waals surface area contributed by atoms with Gasteiger partial charge in [0.1, 0.15) is 11.6 Å². The molecule has 1 N–H and O–H groups in total. The second kappa shape index (κ2) is 7.38. The Hall–Kier alpha value is -1.66. The van der Waals surface area contributed by atoms with E-state index >= 15 is 0 Å². The van der Waals surface area contributed by atoms with Crippen LogP contribution in [-0.4, -0.2) is 54.4 Å². The maximum Gasteiger partial charge on any atom is 0.226 e. The molecule has 2 rings (SSSR count). The number of nitrogens with zero attached hydrogens (tertiary/aromatic N) is 1. The number of benzene rings is 1. The van der Waals surface area contributed by atoms with Gasteiger partial charge in [0, 0.05) is 12.6 Å². The highest BCUT2D eigenvalue weighted by Crippen LogP contribution is 2.15. The van der Waals surface area contributed by atoms with Crippen molar-refractivity contribution in [3.8, 4) is 5.75 Å². The van der Waals surface area contributed by atoms with Crippen LogP contribution in [0, 0.1) is 5.82 Å². The fourth-order valence-electron chi connectivity index (χ4n) is 2.23. The molecule has 0 aliphatic carbocycles. The Morgan fingerprint density at radius 1 is 1.57 bits per heavy atom. The van der Waals surface area contributed by atoms with Crippen LogP contribution in [-0.2, 0) is 9.53 Å². The van der Waals surface area contributed by atoms with E-state index in [1.807, 2.05) is 6.92 Å². The van der Waals surface area contributed by atoms with E-state index in [1.54, 1.807) is 17.0 Å². The minimum absolute atomic E-state index is 0.0190. The van der Waals surface area contributed by atoms with Crippen molar-refractivity contribution in [3.05, 3.63) is 30.1 Å². The van der Waals surface area contributed by atoms with Gasteiger partial charge in [-0.25, -0.2) is 4.39 Å². The number of ether oxygens (including phenoxy) is 2. The van der Waals surface area contributed by atoms with Crippen molar-refractivity contribution in [3.63, 3.8) is 0 Å². The molecule has 0 bridgehead atoms. The van der Waals surface area contributed by atoms with Gasteiger partial charge in [-0.3, -0.25) is 4.79 Å². The van der Waals surface area contributed by atoms with Crippen LogP contribution in [0.3, 0.4) is 0 Å². The molecule has 0 saturated carbocycles. The maximum absolute atomic E-state index is 13.0. The quantitative estimate of drug-likeness (QED) is 0.887. The molecule has 0 radical (unpaired) electrons. The number of aliphatic hydroxyl groups excluding tert-OH is 1. The molecule has 0 spiro atoms.